The zero-order chi connectivity index (χ0) is 20.1. The molecule has 28 heavy (non-hydrogen) atoms. The van der Waals surface area contributed by atoms with E-state index < -0.39 is 10.0 Å². The number of nitrogens with zero attached hydrogens (tertiary/aromatic N) is 2. The number of carbonyl (C=O) groups is 1. The first-order chi connectivity index (χ1) is 13.4. The first-order valence-corrected chi connectivity index (χ1v) is 11.9. The van der Waals surface area contributed by atoms with Gasteiger partial charge in [0.15, 0.2) is 0 Å². The van der Waals surface area contributed by atoms with Crippen LogP contribution in [-0.2, 0) is 14.8 Å². The van der Waals surface area contributed by atoms with Crippen LogP contribution in [0.4, 0.5) is 5.69 Å². The maximum absolute atomic E-state index is 13.2. The number of likely N-dealkylation sites (tertiary alicyclic amines) is 1. The third-order valence-electron chi connectivity index (χ3n) is 5.90. The van der Waals surface area contributed by atoms with Gasteiger partial charge in [-0.05, 0) is 69.3 Å². The van der Waals surface area contributed by atoms with E-state index in [1.165, 1.54) is 0 Å². The summed E-state index contributed by atoms with van der Waals surface area (Å²) in [6.45, 7) is 7.45. The molecule has 7 heteroatoms. The molecule has 2 aliphatic heterocycles. The van der Waals surface area contributed by atoms with Crippen LogP contribution in [0, 0.1) is 12.8 Å². The average molecular weight is 408 g/mol. The molecule has 2 fully saturated rings. The number of anilines is 1. The van der Waals surface area contributed by atoms with Gasteiger partial charge in [0.25, 0.3) is 0 Å². The Morgan fingerprint density at radius 3 is 2.36 bits per heavy atom. The van der Waals surface area contributed by atoms with Gasteiger partial charge < -0.3 is 5.32 Å². The second kappa shape index (κ2) is 9.37. The number of carbonyl (C=O) groups excluding carboxylic acids is 1. The van der Waals surface area contributed by atoms with E-state index >= 15 is 0 Å². The van der Waals surface area contributed by atoms with Crippen LogP contribution in [0.15, 0.2) is 23.1 Å². The smallest absolute Gasteiger partial charge is 0.243 e. The summed E-state index contributed by atoms with van der Waals surface area (Å²) in [5.41, 5.74) is 1.27. The van der Waals surface area contributed by atoms with Crippen LogP contribution in [0.1, 0.15) is 51.0 Å². The zero-order valence-corrected chi connectivity index (χ0v) is 17.9. The fourth-order valence-electron chi connectivity index (χ4n) is 4.00. The number of hydrogen-bond acceptors (Lipinski definition) is 4. The highest BCUT2D eigenvalue weighted by molar-refractivity contribution is 7.89. The minimum Gasteiger partial charge on any atom is -0.325 e. The SMILES string of the molecule is Cc1ccc(NC(=O)CN2CCC(C)CC2)cc1S(=O)(=O)N1CCCCCC1. The fourth-order valence-corrected chi connectivity index (χ4v) is 5.77. The maximum Gasteiger partial charge on any atom is 0.243 e. The molecule has 6 nitrogen and oxygen atoms in total. The Hall–Kier alpha value is -1.44. The standard InChI is InChI=1S/C21H33N3O3S/c1-17-9-13-23(14-10-17)16-21(25)22-19-8-7-18(2)20(15-19)28(26,27)24-11-5-3-4-6-12-24/h7-8,15,17H,3-6,9-14,16H2,1-2H3,(H,22,25). The molecule has 0 atom stereocenters. The van der Waals surface area contributed by atoms with Gasteiger partial charge in [-0.3, -0.25) is 9.69 Å². The number of hydrogen-bond donors (Lipinski definition) is 1. The van der Waals surface area contributed by atoms with E-state index in [0.717, 1.165) is 57.5 Å². The van der Waals surface area contributed by atoms with Crippen LogP contribution in [0.2, 0.25) is 0 Å². The number of piperidine rings is 1. The van der Waals surface area contributed by atoms with E-state index in [1.54, 1.807) is 22.5 Å². The van der Waals surface area contributed by atoms with Crippen molar-refractivity contribution in [3.8, 4) is 0 Å². The van der Waals surface area contributed by atoms with Crippen molar-refractivity contribution in [1.29, 1.82) is 0 Å². The molecule has 2 aliphatic rings. The van der Waals surface area contributed by atoms with Gasteiger partial charge in [-0.1, -0.05) is 25.8 Å². The Kier molecular flexibility index (Phi) is 7.12. The van der Waals surface area contributed by atoms with Crippen molar-refractivity contribution in [2.45, 2.75) is 57.3 Å². The summed E-state index contributed by atoms with van der Waals surface area (Å²) in [7, 11) is -3.54. The minimum atomic E-state index is -3.54. The lowest BCUT2D eigenvalue weighted by molar-refractivity contribution is -0.117. The predicted octanol–water partition coefficient (Wildman–Crippen LogP) is 3.23. The highest BCUT2D eigenvalue weighted by Gasteiger charge is 2.27. The summed E-state index contributed by atoms with van der Waals surface area (Å²) in [6, 6.07) is 5.18. The van der Waals surface area contributed by atoms with Crippen LogP contribution in [0.25, 0.3) is 0 Å². The van der Waals surface area contributed by atoms with Crippen LogP contribution < -0.4 is 5.32 Å². The largest absolute Gasteiger partial charge is 0.325 e. The van der Waals surface area contributed by atoms with Crippen LogP contribution in [0.3, 0.4) is 0 Å². The number of benzene rings is 1. The normalized spacial score (nSPS) is 20.6. The maximum atomic E-state index is 13.2. The Bertz CT molecular complexity index is 778. The molecule has 0 spiro atoms. The van der Waals surface area contributed by atoms with Gasteiger partial charge in [0.05, 0.1) is 11.4 Å². The van der Waals surface area contributed by atoms with E-state index in [2.05, 4.69) is 17.1 Å². The molecule has 0 aliphatic carbocycles. The number of sulfonamides is 1. The van der Waals surface area contributed by atoms with E-state index in [9.17, 15) is 13.2 Å². The van der Waals surface area contributed by atoms with Gasteiger partial charge in [-0.2, -0.15) is 4.31 Å². The lowest BCUT2D eigenvalue weighted by atomic mass is 9.99. The van der Waals surface area contributed by atoms with Gasteiger partial charge >= 0.3 is 0 Å². The van der Waals surface area contributed by atoms with E-state index in [1.807, 2.05) is 6.92 Å². The second-order valence-electron chi connectivity index (χ2n) is 8.31. The summed E-state index contributed by atoms with van der Waals surface area (Å²) in [4.78, 5) is 14.9. The van der Waals surface area contributed by atoms with Gasteiger partial charge in [0.1, 0.15) is 0 Å². The van der Waals surface area contributed by atoms with Gasteiger partial charge in [-0.15, -0.1) is 0 Å². The molecular formula is C21H33N3O3S. The average Bonchev–Trinajstić information content (AvgIpc) is 2.95. The topological polar surface area (TPSA) is 69.7 Å². The zero-order valence-electron chi connectivity index (χ0n) is 17.1. The molecule has 3 rings (SSSR count). The lowest BCUT2D eigenvalue weighted by Crippen LogP contribution is -2.38. The second-order valence-corrected chi connectivity index (χ2v) is 10.2. The molecule has 1 amide bonds. The van der Waals surface area contributed by atoms with E-state index in [4.69, 9.17) is 0 Å². The Labute approximate surface area is 169 Å². The molecule has 0 unspecified atom stereocenters. The molecule has 1 aromatic carbocycles. The molecule has 0 bridgehead atoms. The van der Waals surface area contributed by atoms with Crippen LogP contribution in [0.5, 0.6) is 0 Å². The number of nitrogens with one attached hydrogen (secondary N) is 1. The van der Waals surface area contributed by atoms with Gasteiger partial charge in [0, 0.05) is 18.8 Å². The highest BCUT2D eigenvalue weighted by Crippen LogP contribution is 2.26. The third-order valence-corrected chi connectivity index (χ3v) is 7.94. The summed E-state index contributed by atoms with van der Waals surface area (Å²) in [5, 5.41) is 2.89. The monoisotopic (exact) mass is 407 g/mol. The predicted molar refractivity (Wildman–Crippen MR) is 112 cm³/mol. The molecule has 1 aromatic rings. The Balaban J connectivity index is 1.69. The summed E-state index contributed by atoms with van der Waals surface area (Å²) >= 11 is 0. The van der Waals surface area contributed by atoms with Crippen molar-refractivity contribution in [1.82, 2.24) is 9.21 Å². The summed E-state index contributed by atoms with van der Waals surface area (Å²) < 4.78 is 27.9. The molecule has 2 saturated heterocycles. The van der Waals surface area contributed by atoms with Crippen molar-refractivity contribution in [3.63, 3.8) is 0 Å². The van der Waals surface area contributed by atoms with Gasteiger partial charge in [-0.25, -0.2) is 8.42 Å². The number of rotatable bonds is 5. The molecule has 156 valence electrons. The first kappa shape index (κ1) is 21.3. The summed E-state index contributed by atoms with van der Waals surface area (Å²) in [5.74, 6) is 0.639. The first-order valence-electron chi connectivity index (χ1n) is 10.5. The third kappa shape index (κ3) is 5.33. The minimum absolute atomic E-state index is 0.0865. The van der Waals surface area contributed by atoms with Crippen LogP contribution >= 0.6 is 0 Å². The quantitative estimate of drug-likeness (QED) is 0.814. The number of amides is 1. The fraction of sp³-hybridized carbons (Fsp3) is 0.667. The molecule has 0 saturated carbocycles. The molecular weight excluding hydrogens is 374 g/mol. The molecule has 2 heterocycles. The number of aryl methyl sites for hydroxylation is 1. The van der Waals surface area contributed by atoms with Gasteiger partial charge in [0.2, 0.25) is 15.9 Å². The molecule has 0 aromatic heterocycles. The molecule has 0 radical (unpaired) electrons. The van der Waals surface area contributed by atoms with Crippen molar-refractivity contribution >= 4 is 21.6 Å². The van der Waals surface area contributed by atoms with Crippen molar-refractivity contribution in [3.05, 3.63) is 23.8 Å². The Morgan fingerprint density at radius 1 is 1.07 bits per heavy atom. The highest BCUT2D eigenvalue weighted by atomic mass is 32.2. The van der Waals surface area contributed by atoms with Crippen molar-refractivity contribution in [2.75, 3.05) is 38.0 Å². The van der Waals surface area contributed by atoms with Crippen LogP contribution in [-0.4, -0.2) is 56.3 Å². The molecule has 1 N–H and O–H groups in total. The van der Waals surface area contributed by atoms with Crippen molar-refractivity contribution < 1.29 is 13.2 Å². The van der Waals surface area contributed by atoms with E-state index in [0.29, 0.717) is 35.8 Å². The summed E-state index contributed by atoms with van der Waals surface area (Å²) in [6.07, 6.45) is 6.21. The van der Waals surface area contributed by atoms with E-state index in [-0.39, 0.29) is 5.91 Å². The lowest BCUT2D eigenvalue weighted by Gasteiger charge is -2.29. The Morgan fingerprint density at radius 2 is 1.71 bits per heavy atom. The van der Waals surface area contributed by atoms with Crippen molar-refractivity contribution in [2.24, 2.45) is 5.92 Å².